The van der Waals surface area contributed by atoms with Gasteiger partial charge in [0.05, 0.1) is 10.0 Å². The maximum absolute atomic E-state index is 6.06. The summed E-state index contributed by atoms with van der Waals surface area (Å²) in [5.74, 6) is 0. The van der Waals surface area contributed by atoms with Crippen LogP contribution in [-0.2, 0) is 0 Å². The summed E-state index contributed by atoms with van der Waals surface area (Å²) < 4.78 is 0. The van der Waals surface area contributed by atoms with Gasteiger partial charge in [-0.1, -0.05) is 29.3 Å². The predicted octanol–water partition coefficient (Wildman–Crippen LogP) is 3.48. The highest BCUT2D eigenvalue weighted by Gasteiger charge is 2.28. The van der Waals surface area contributed by atoms with E-state index in [0.717, 1.165) is 13.1 Å². The SMILES string of the molecule is CC(c1ccc(Cl)c(Cl)c1)N1CCCC1CN. The van der Waals surface area contributed by atoms with Crippen LogP contribution in [0.4, 0.5) is 0 Å². The number of rotatable bonds is 3. The molecule has 1 heterocycles. The molecular weight excluding hydrogens is 255 g/mol. The lowest BCUT2D eigenvalue weighted by molar-refractivity contribution is 0.197. The number of nitrogens with zero attached hydrogens (tertiary/aromatic N) is 1. The standard InChI is InChI=1S/C13H18Cl2N2/c1-9(17-6-2-3-11(17)8-16)10-4-5-12(14)13(15)7-10/h4-5,7,9,11H,2-3,6,8,16H2,1H3. The molecule has 2 N–H and O–H groups in total. The molecule has 2 atom stereocenters. The quantitative estimate of drug-likeness (QED) is 0.913. The molecule has 0 aliphatic carbocycles. The van der Waals surface area contributed by atoms with Crippen molar-refractivity contribution in [3.8, 4) is 0 Å². The van der Waals surface area contributed by atoms with Crippen molar-refractivity contribution in [1.29, 1.82) is 0 Å². The molecule has 0 aromatic heterocycles. The Morgan fingerprint density at radius 2 is 2.18 bits per heavy atom. The molecule has 1 saturated heterocycles. The van der Waals surface area contributed by atoms with E-state index in [2.05, 4.69) is 11.8 Å². The number of nitrogens with two attached hydrogens (primary N) is 1. The van der Waals surface area contributed by atoms with Crippen LogP contribution in [0.2, 0.25) is 10.0 Å². The van der Waals surface area contributed by atoms with Crippen LogP contribution in [-0.4, -0.2) is 24.0 Å². The van der Waals surface area contributed by atoms with Gasteiger partial charge < -0.3 is 5.73 Å². The Morgan fingerprint density at radius 3 is 2.82 bits per heavy atom. The lowest BCUT2D eigenvalue weighted by Crippen LogP contribution is -2.37. The van der Waals surface area contributed by atoms with Crippen molar-refractivity contribution in [2.75, 3.05) is 13.1 Å². The van der Waals surface area contributed by atoms with Crippen LogP contribution in [0.5, 0.6) is 0 Å². The first-order valence-electron chi connectivity index (χ1n) is 6.04. The summed E-state index contributed by atoms with van der Waals surface area (Å²) in [6.45, 7) is 4.04. The molecule has 1 aromatic carbocycles. The van der Waals surface area contributed by atoms with Crippen molar-refractivity contribution in [3.63, 3.8) is 0 Å². The highest BCUT2D eigenvalue weighted by molar-refractivity contribution is 6.42. The molecule has 2 nitrogen and oxygen atoms in total. The van der Waals surface area contributed by atoms with Gasteiger partial charge in [0.25, 0.3) is 0 Å². The fraction of sp³-hybridized carbons (Fsp3) is 0.538. The average Bonchev–Trinajstić information content (AvgIpc) is 2.80. The van der Waals surface area contributed by atoms with Crippen molar-refractivity contribution in [2.24, 2.45) is 5.73 Å². The van der Waals surface area contributed by atoms with Crippen LogP contribution in [0, 0.1) is 0 Å². The van der Waals surface area contributed by atoms with E-state index >= 15 is 0 Å². The van der Waals surface area contributed by atoms with Crippen LogP contribution in [0.3, 0.4) is 0 Å². The van der Waals surface area contributed by atoms with Gasteiger partial charge in [0, 0.05) is 18.6 Å². The van der Waals surface area contributed by atoms with Crippen LogP contribution >= 0.6 is 23.2 Å². The van der Waals surface area contributed by atoms with E-state index in [4.69, 9.17) is 28.9 Å². The summed E-state index contributed by atoms with van der Waals surface area (Å²) in [5, 5.41) is 1.24. The Hall–Kier alpha value is -0.280. The van der Waals surface area contributed by atoms with Gasteiger partial charge in [-0.15, -0.1) is 0 Å². The molecule has 0 bridgehead atoms. The van der Waals surface area contributed by atoms with Crippen molar-refractivity contribution < 1.29 is 0 Å². The Balaban J connectivity index is 2.18. The van der Waals surface area contributed by atoms with Gasteiger partial charge in [0.15, 0.2) is 0 Å². The fourth-order valence-corrected chi connectivity index (χ4v) is 2.89. The van der Waals surface area contributed by atoms with E-state index in [-0.39, 0.29) is 0 Å². The molecule has 0 spiro atoms. The summed E-state index contributed by atoms with van der Waals surface area (Å²) in [6.07, 6.45) is 2.43. The van der Waals surface area contributed by atoms with Crippen LogP contribution in [0.1, 0.15) is 31.4 Å². The third-order valence-electron chi connectivity index (χ3n) is 3.62. The Morgan fingerprint density at radius 1 is 1.41 bits per heavy atom. The third-order valence-corrected chi connectivity index (χ3v) is 4.36. The number of hydrogen-bond donors (Lipinski definition) is 1. The van der Waals surface area contributed by atoms with Gasteiger partial charge >= 0.3 is 0 Å². The van der Waals surface area contributed by atoms with Gasteiger partial charge in [-0.3, -0.25) is 4.90 Å². The summed E-state index contributed by atoms with van der Waals surface area (Å²) in [5.41, 5.74) is 7.01. The number of benzene rings is 1. The summed E-state index contributed by atoms with van der Waals surface area (Å²) in [6, 6.07) is 6.72. The van der Waals surface area contributed by atoms with Crippen LogP contribution < -0.4 is 5.73 Å². The van der Waals surface area contributed by atoms with Gasteiger partial charge in [-0.05, 0) is 44.0 Å². The number of likely N-dealkylation sites (tertiary alicyclic amines) is 1. The zero-order valence-electron chi connectivity index (χ0n) is 10.00. The average molecular weight is 273 g/mol. The molecule has 1 aliphatic rings. The maximum atomic E-state index is 6.06. The first-order valence-corrected chi connectivity index (χ1v) is 6.80. The third kappa shape index (κ3) is 2.76. The molecule has 1 fully saturated rings. The molecule has 1 aliphatic heterocycles. The van der Waals surface area contributed by atoms with Crippen molar-refractivity contribution in [2.45, 2.75) is 31.8 Å². The van der Waals surface area contributed by atoms with Gasteiger partial charge in [-0.25, -0.2) is 0 Å². The zero-order chi connectivity index (χ0) is 12.4. The van der Waals surface area contributed by atoms with Crippen LogP contribution in [0.15, 0.2) is 18.2 Å². The van der Waals surface area contributed by atoms with Crippen molar-refractivity contribution >= 4 is 23.2 Å². The predicted molar refractivity (Wildman–Crippen MR) is 73.7 cm³/mol. The van der Waals surface area contributed by atoms with E-state index in [0.29, 0.717) is 22.1 Å². The van der Waals surface area contributed by atoms with E-state index in [1.807, 2.05) is 18.2 Å². The van der Waals surface area contributed by atoms with Crippen LogP contribution in [0.25, 0.3) is 0 Å². The molecule has 4 heteroatoms. The van der Waals surface area contributed by atoms with Gasteiger partial charge in [0.2, 0.25) is 0 Å². The second-order valence-electron chi connectivity index (χ2n) is 4.62. The fourth-order valence-electron chi connectivity index (χ4n) is 2.58. The Bertz CT molecular complexity index is 395. The highest BCUT2D eigenvalue weighted by atomic mass is 35.5. The van der Waals surface area contributed by atoms with E-state index in [1.54, 1.807) is 0 Å². The van der Waals surface area contributed by atoms with Crippen molar-refractivity contribution in [1.82, 2.24) is 4.90 Å². The van der Waals surface area contributed by atoms with Gasteiger partial charge in [0.1, 0.15) is 0 Å². The molecule has 1 aromatic rings. The number of hydrogen-bond acceptors (Lipinski definition) is 2. The first-order chi connectivity index (χ1) is 8.13. The molecule has 0 saturated carbocycles. The zero-order valence-corrected chi connectivity index (χ0v) is 11.5. The number of halogens is 2. The molecule has 94 valence electrons. The van der Waals surface area contributed by atoms with E-state index < -0.39 is 0 Å². The lowest BCUT2D eigenvalue weighted by Gasteiger charge is -2.30. The molecule has 0 amide bonds. The first kappa shape index (κ1) is 13.2. The minimum Gasteiger partial charge on any atom is -0.329 e. The van der Waals surface area contributed by atoms with Crippen molar-refractivity contribution in [3.05, 3.63) is 33.8 Å². The molecule has 2 unspecified atom stereocenters. The Labute approximate surface area is 113 Å². The summed E-state index contributed by atoms with van der Waals surface area (Å²) in [4.78, 5) is 2.46. The summed E-state index contributed by atoms with van der Waals surface area (Å²) in [7, 11) is 0. The lowest BCUT2D eigenvalue weighted by atomic mass is 10.1. The summed E-state index contributed by atoms with van der Waals surface area (Å²) >= 11 is 12.0. The second kappa shape index (κ2) is 5.57. The molecule has 17 heavy (non-hydrogen) atoms. The largest absolute Gasteiger partial charge is 0.329 e. The molecular formula is C13H18Cl2N2. The topological polar surface area (TPSA) is 29.3 Å². The van der Waals surface area contributed by atoms with E-state index in [1.165, 1.54) is 18.4 Å². The highest BCUT2D eigenvalue weighted by Crippen LogP contribution is 2.32. The molecule has 0 radical (unpaired) electrons. The van der Waals surface area contributed by atoms with E-state index in [9.17, 15) is 0 Å². The molecule has 2 rings (SSSR count). The Kier molecular flexibility index (Phi) is 4.31. The monoisotopic (exact) mass is 272 g/mol. The maximum Gasteiger partial charge on any atom is 0.0595 e. The second-order valence-corrected chi connectivity index (χ2v) is 5.43. The minimum absolute atomic E-state index is 0.348. The van der Waals surface area contributed by atoms with Gasteiger partial charge in [-0.2, -0.15) is 0 Å². The normalized spacial score (nSPS) is 22.9. The minimum atomic E-state index is 0.348. The smallest absolute Gasteiger partial charge is 0.0595 e.